The molecule has 5 nitrogen and oxygen atoms in total. The van der Waals surface area contributed by atoms with Crippen LogP contribution >= 0.6 is 0 Å². The lowest BCUT2D eigenvalue weighted by molar-refractivity contribution is -0.111. The van der Waals surface area contributed by atoms with Crippen LogP contribution in [0, 0.1) is 11.6 Å². The van der Waals surface area contributed by atoms with Crippen molar-refractivity contribution in [1.82, 2.24) is 0 Å². The van der Waals surface area contributed by atoms with Gasteiger partial charge in [-0.3, -0.25) is 9.52 Å². The van der Waals surface area contributed by atoms with Gasteiger partial charge in [-0.05, 0) is 49.4 Å². The van der Waals surface area contributed by atoms with E-state index in [1.165, 1.54) is 30.3 Å². The number of anilines is 2. The summed E-state index contributed by atoms with van der Waals surface area (Å²) in [6, 6.07) is 8.18. The van der Waals surface area contributed by atoms with E-state index < -0.39 is 26.6 Å². The Bertz CT molecular complexity index is 953. The third-order valence-electron chi connectivity index (χ3n) is 3.16. The van der Waals surface area contributed by atoms with Gasteiger partial charge in [0.15, 0.2) is 11.6 Å². The molecule has 0 unspecified atom stereocenters. The summed E-state index contributed by atoms with van der Waals surface area (Å²) in [7, 11) is -4.07. The number of hydrogen-bond donors (Lipinski definition) is 2. The van der Waals surface area contributed by atoms with Gasteiger partial charge in [-0.1, -0.05) is 18.2 Å². The molecular weight excluding hydrogens is 362 g/mol. The van der Waals surface area contributed by atoms with Gasteiger partial charge in [0.25, 0.3) is 10.0 Å². The zero-order valence-corrected chi connectivity index (χ0v) is 14.6. The first-order valence-corrected chi connectivity index (χ1v) is 8.98. The van der Waals surface area contributed by atoms with E-state index in [9.17, 15) is 22.0 Å². The van der Waals surface area contributed by atoms with Gasteiger partial charge in [0.1, 0.15) is 0 Å². The average molecular weight is 378 g/mol. The molecule has 1 amide bonds. The van der Waals surface area contributed by atoms with Gasteiger partial charge in [0.05, 0.1) is 4.90 Å². The third-order valence-corrected chi connectivity index (χ3v) is 4.54. The zero-order chi connectivity index (χ0) is 19.2. The number of allylic oxidation sites excluding steroid dienone is 3. The van der Waals surface area contributed by atoms with Gasteiger partial charge in [0.2, 0.25) is 5.91 Å². The normalized spacial score (nSPS) is 11.8. The van der Waals surface area contributed by atoms with Crippen molar-refractivity contribution >= 4 is 27.3 Å². The molecule has 136 valence electrons. The highest BCUT2D eigenvalue weighted by Gasteiger charge is 2.16. The highest BCUT2D eigenvalue weighted by atomic mass is 32.2. The summed E-state index contributed by atoms with van der Waals surface area (Å²) in [6.45, 7) is 1.82. The predicted molar refractivity (Wildman–Crippen MR) is 96.2 cm³/mol. The maximum absolute atomic E-state index is 13.2. The number of carbonyl (C=O) groups is 1. The van der Waals surface area contributed by atoms with Crippen molar-refractivity contribution in [2.24, 2.45) is 0 Å². The van der Waals surface area contributed by atoms with E-state index in [4.69, 9.17) is 0 Å². The molecule has 0 fully saturated rings. The molecule has 8 heteroatoms. The second kappa shape index (κ2) is 8.39. The Kier molecular flexibility index (Phi) is 6.24. The first-order chi connectivity index (χ1) is 12.3. The van der Waals surface area contributed by atoms with Crippen LogP contribution in [0.25, 0.3) is 0 Å². The minimum atomic E-state index is -4.07. The molecule has 0 heterocycles. The van der Waals surface area contributed by atoms with Crippen LogP contribution in [-0.2, 0) is 14.8 Å². The van der Waals surface area contributed by atoms with Crippen molar-refractivity contribution in [3.8, 4) is 0 Å². The van der Waals surface area contributed by atoms with Gasteiger partial charge in [0, 0.05) is 17.5 Å². The summed E-state index contributed by atoms with van der Waals surface area (Å²) in [6.07, 6.45) is 6.41. The fraction of sp³-hybridized carbons (Fsp3) is 0.0556. The third kappa shape index (κ3) is 5.25. The number of halogens is 2. The average Bonchev–Trinajstić information content (AvgIpc) is 2.59. The molecule has 0 aliphatic rings. The first-order valence-electron chi connectivity index (χ1n) is 7.50. The second-order valence-corrected chi connectivity index (χ2v) is 6.82. The first kappa shape index (κ1) is 19.3. The van der Waals surface area contributed by atoms with Crippen molar-refractivity contribution in [2.45, 2.75) is 11.8 Å². The summed E-state index contributed by atoms with van der Waals surface area (Å²) in [5.41, 5.74) is 0.674. The summed E-state index contributed by atoms with van der Waals surface area (Å²) in [5, 5.41) is 2.61. The highest BCUT2D eigenvalue weighted by molar-refractivity contribution is 7.92. The SMILES string of the molecule is C/C=C/C=C/C(=O)Nc1ccc(NS(=O)(=O)c2ccc(F)c(F)c2)cc1. The second-order valence-electron chi connectivity index (χ2n) is 5.13. The van der Waals surface area contributed by atoms with E-state index in [-0.39, 0.29) is 11.6 Å². The lowest BCUT2D eigenvalue weighted by Gasteiger charge is -2.09. The van der Waals surface area contributed by atoms with Crippen molar-refractivity contribution in [3.05, 3.63) is 78.4 Å². The molecule has 26 heavy (non-hydrogen) atoms. The van der Waals surface area contributed by atoms with E-state index in [1.54, 1.807) is 18.2 Å². The molecule has 2 rings (SSSR count). The molecule has 0 saturated carbocycles. The number of hydrogen-bond acceptors (Lipinski definition) is 3. The number of nitrogens with one attached hydrogen (secondary N) is 2. The van der Waals surface area contributed by atoms with Gasteiger partial charge in [-0.25, -0.2) is 17.2 Å². The van der Waals surface area contributed by atoms with E-state index in [1.807, 2.05) is 6.92 Å². The largest absolute Gasteiger partial charge is 0.323 e. The highest BCUT2D eigenvalue weighted by Crippen LogP contribution is 2.20. The summed E-state index contributed by atoms with van der Waals surface area (Å²) < 4.78 is 52.8. The number of amides is 1. The Balaban J connectivity index is 2.08. The van der Waals surface area contributed by atoms with E-state index >= 15 is 0 Å². The zero-order valence-electron chi connectivity index (χ0n) is 13.7. The number of carbonyl (C=O) groups excluding carboxylic acids is 1. The maximum atomic E-state index is 13.2. The van der Waals surface area contributed by atoms with Crippen molar-refractivity contribution in [1.29, 1.82) is 0 Å². The monoisotopic (exact) mass is 378 g/mol. The molecule has 2 aromatic carbocycles. The van der Waals surface area contributed by atoms with Crippen LogP contribution in [0.2, 0.25) is 0 Å². The molecule has 2 N–H and O–H groups in total. The van der Waals surface area contributed by atoms with Crippen molar-refractivity contribution in [3.63, 3.8) is 0 Å². The standard InChI is InChI=1S/C18H16F2N2O3S/c1-2-3-4-5-18(23)21-13-6-8-14(9-7-13)22-26(24,25)15-10-11-16(19)17(20)12-15/h2-12,22H,1H3,(H,21,23)/b3-2+,5-4+. The van der Waals surface area contributed by atoms with Gasteiger partial charge in [-0.2, -0.15) is 0 Å². The molecule has 0 atom stereocenters. The van der Waals surface area contributed by atoms with Crippen LogP contribution in [0.3, 0.4) is 0 Å². The van der Waals surface area contributed by atoms with Crippen LogP contribution in [-0.4, -0.2) is 14.3 Å². The van der Waals surface area contributed by atoms with Gasteiger partial charge in [-0.15, -0.1) is 0 Å². The topological polar surface area (TPSA) is 75.3 Å². The van der Waals surface area contributed by atoms with E-state index in [0.717, 1.165) is 12.1 Å². The summed E-state index contributed by atoms with van der Waals surface area (Å²) >= 11 is 0. The number of sulfonamides is 1. The van der Waals surface area contributed by atoms with Crippen LogP contribution in [0.5, 0.6) is 0 Å². The number of benzene rings is 2. The van der Waals surface area contributed by atoms with Crippen LogP contribution < -0.4 is 10.0 Å². The molecule has 2 aromatic rings. The smallest absolute Gasteiger partial charge is 0.261 e. The summed E-state index contributed by atoms with van der Waals surface area (Å²) in [5.74, 6) is -2.72. The minimum Gasteiger partial charge on any atom is -0.323 e. The van der Waals surface area contributed by atoms with E-state index in [2.05, 4.69) is 10.0 Å². The van der Waals surface area contributed by atoms with Crippen LogP contribution in [0.4, 0.5) is 20.2 Å². The maximum Gasteiger partial charge on any atom is 0.261 e. The molecule has 0 spiro atoms. The molecule has 0 aliphatic heterocycles. The lowest BCUT2D eigenvalue weighted by Crippen LogP contribution is -2.13. The lowest BCUT2D eigenvalue weighted by atomic mass is 10.3. The van der Waals surface area contributed by atoms with E-state index in [0.29, 0.717) is 11.8 Å². The molecule has 0 radical (unpaired) electrons. The quantitative estimate of drug-likeness (QED) is 0.592. The number of rotatable bonds is 6. The molecule has 0 saturated heterocycles. The van der Waals surface area contributed by atoms with Crippen LogP contribution in [0.1, 0.15) is 6.92 Å². The predicted octanol–water partition coefficient (Wildman–Crippen LogP) is 3.84. The van der Waals surface area contributed by atoms with Crippen molar-refractivity contribution in [2.75, 3.05) is 10.0 Å². The van der Waals surface area contributed by atoms with Crippen molar-refractivity contribution < 1.29 is 22.0 Å². The Morgan fingerprint density at radius 3 is 2.23 bits per heavy atom. The van der Waals surface area contributed by atoms with Gasteiger partial charge >= 0.3 is 0 Å². The Hall–Kier alpha value is -3.00. The van der Waals surface area contributed by atoms with Crippen LogP contribution in [0.15, 0.2) is 71.7 Å². The van der Waals surface area contributed by atoms with Gasteiger partial charge < -0.3 is 5.32 Å². The molecule has 0 bridgehead atoms. The Morgan fingerprint density at radius 1 is 0.962 bits per heavy atom. The molecular formula is C18H16F2N2O3S. The fourth-order valence-electron chi connectivity index (χ4n) is 1.92. The molecule has 0 aliphatic carbocycles. The minimum absolute atomic E-state index is 0.206. The molecule has 0 aromatic heterocycles. The summed E-state index contributed by atoms with van der Waals surface area (Å²) in [4.78, 5) is 11.2. The fourth-order valence-corrected chi connectivity index (χ4v) is 2.99. The Labute approximate surface area is 150 Å². The Morgan fingerprint density at radius 2 is 1.62 bits per heavy atom.